The average Bonchev–Trinajstić information content (AvgIpc) is 2.79. The van der Waals surface area contributed by atoms with Gasteiger partial charge in [0.05, 0.1) is 6.61 Å². The van der Waals surface area contributed by atoms with Crippen molar-refractivity contribution in [2.45, 2.75) is 44.9 Å². The number of rotatable bonds is 7. The van der Waals surface area contributed by atoms with Crippen LogP contribution in [0, 0.1) is 23.2 Å². The summed E-state index contributed by atoms with van der Waals surface area (Å²) in [6, 6.07) is 0. The predicted octanol–water partition coefficient (Wildman–Crippen LogP) is 2.83. The molecule has 0 heterocycles. The lowest BCUT2D eigenvalue weighted by Crippen LogP contribution is -2.29. The van der Waals surface area contributed by atoms with Crippen LogP contribution in [0.2, 0.25) is 0 Å². The minimum Gasteiger partial charge on any atom is -0.383 e. The third-order valence-electron chi connectivity index (χ3n) is 5.52. The van der Waals surface area contributed by atoms with Gasteiger partial charge in [0.15, 0.2) is 0 Å². The van der Waals surface area contributed by atoms with Crippen molar-refractivity contribution in [3.05, 3.63) is 0 Å². The first-order valence-electron chi connectivity index (χ1n) is 7.51. The summed E-state index contributed by atoms with van der Waals surface area (Å²) >= 11 is 0. The monoisotopic (exact) mass is 237 g/mol. The molecule has 0 aliphatic heterocycles. The SMILES string of the molecule is COCCNCC1(CC2CC3CCC2C3)CC1. The van der Waals surface area contributed by atoms with E-state index in [0.29, 0.717) is 5.41 Å². The van der Waals surface area contributed by atoms with E-state index in [1.54, 1.807) is 32.8 Å². The van der Waals surface area contributed by atoms with Crippen molar-refractivity contribution in [2.75, 3.05) is 26.8 Å². The molecule has 3 aliphatic rings. The Hall–Kier alpha value is -0.0800. The number of nitrogens with one attached hydrogen (secondary N) is 1. The van der Waals surface area contributed by atoms with Gasteiger partial charge in [-0.3, -0.25) is 0 Å². The molecular weight excluding hydrogens is 210 g/mol. The fourth-order valence-electron chi connectivity index (χ4n) is 4.34. The van der Waals surface area contributed by atoms with Crippen LogP contribution in [0.15, 0.2) is 0 Å². The summed E-state index contributed by atoms with van der Waals surface area (Å²) < 4.78 is 5.09. The van der Waals surface area contributed by atoms with E-state index < -0.39 is 0 Å². The van der Waals surface area contributed by atoms with Crippen LogP contribution in [0.1, 0.15) is 44.9 Å². The van der Waals surface area contributed by atoms with Crippen molar-refractivity contribution < 1.29 is 4.74 Å². The van der Waals surface area contributed by atoms with Crippen molar-refractivity contribution in [1.29, 1.82) is 0 Å². The Bertz CT molecular complexity index is 262. The molecule has 0 aromatic carbocycles. The molecule has 0 spiro atoms. The van der Waals surface area contributed by atoms with Crippen molar-refractivity contribution in [1.82, 2.24) is 5.32 Å². The molecular formula is C15H27NO. The molecule has 3 saturated carbocycles. The summed E-state index contributed by atoms with van der Waals surface area (Å²) in [5.41, 5.74) is 0.697. The van der Waals surface area contributed by atoms with E-state index in [0.717, 1.165) is 30.9 Å². The number of hydrogen-bond acceptors (Lipinski definition) is 2. The van der Waals surface area contributed by atoms with Gasteiger partial charge in [0, 0.05) is 20.2 Å². The zero-order valence-electron chi connectivity index (χ0n) is 11.2. The second kappa shape index (κ2) is 4.89. The Labute approximate surface area is 105 Å². The molecule has 0 saturated heterocycles. The molecule has 1 N–H and O–H groups in total. The first kappa shape index (κ1) is 12.0. The van der Waals surface area contributed by atoms with Gasteiger partial charge in [0.25, 0.3) is 0 Å². The van der Waals surface area contributed by atoms with Crippen LogP contribution in [0.3, 0.4) is 0 Å². The van der Waals surface area contributed by atoms with E-state index >= 15 is 0 Å². The largest absolute Gasteiger partial charge is 0.383 e. The Kier molecular flexibility index (Phi) is 3.45. The Morgan fingerprint density at radius 1 is 1.24 bits per heavy atom. The topological polar surface area (TPSA) is 21.3 Å². The molecule has 2 nitrogen and oxygen atoms in total. The Morgan fingerprint density at radius 2 is 2.12 bits per heavy atom. The van der Waals surface area contributed by atoms with Crippen molar-refractivity contribution in [3.63, 3.8) is 0 Å². The van der Waals surface area contributed by atoms with Crippen LogP contribution in [-0.2, 0) is 4.74 Å². The Balaban J connectivity index is 1.42. The summed E-state index contributed by atoms with van der Waals surface area (Å²) in [6.07, 6.45) is 10.7. The van der Waals surface area contributed by atoms with Crippen LogP contribution in [0.25, 0.3) is 0 Å². The lowest BCUT2D eigenvalue weighted by Gasteiger charge is -2.26. The van der Waals surface area contributed by atoms with Crippen molar-refractivity contribution >= 4 is 0 Å². The lowest BCUT2D eigenvalue weighted by molar-refractivity contribution is 0.193. The number of ether oxygens (including phenoxy) is 1. The Morgan fingerprint density at radius 3 is 2.71 bits per heavy atom. The van der Waals surface area contributed by atoms with Gasteiger partial charge in [0.2, 0.25) is 0 Å². The summed E-state index contributed by atoms with van der Waals surface area (Å²) in [4.78, 5) is 0. The standard InChI is InChI=1S/C15H27NO/c1-17-7-6-16-11-15(4-5-15)10-14-9-12-2-3-13(14)8-12/h12-14,16H,2-11H2,1H3. The minimum absolute atomic E-state index is 0.697. The summed E-state index contributed by atoms with van der Waals surface area (Å²) in [7, 11) is 1.78. The van der Waals surface area contributed by atoms with E-state index in [2.05, 4.69) is 5.32 Å². The molecule has 3 atom stereocenters. The third kappa shape index (κ3) is 2.68. The molecule has 3 fully saturated rings. The first-order valence-corrected chi connectivity index (χ1v) is 7.51. The maximum atomic E-state index is 5.09. The van der Waals surface area contributed by atoms with E-state index in [9.17, 15) is 0 Å². The van der Waals surface area contributed by atoms with Crippen LogP contribution in [0.4, 0.5) is 0 Å². The molecule has 2 bridgehead atoms. The smallest absolute Gasteiger partial charge is 0.0587 e. The van der Waals surface area contributed by atoms with E-state index in [1.807, 2.05) is 0 Å². The summed E-state index contributed by atoms with van der Waals surface area (Å²) in [5, 5.41) is 3.58. The molecule has 3 unspecified atom stereocenters. The van der Waals surface area contributed by atoms with Crippen LogP contribution in [-0.4, -0.2) is 26.8 Å². The molecule has 0 aromatic rings. The zero-order chi connectivity index (χ0) is 11.7. The summed E-state index contributed by atoms with van der Waals surface area (Å²) in [6.45, 7) is 3.11. The molecule has 0 aromatic heterocycles. The quantitative estimate of drug-likeness (QED) is 0.688. The molecule has 3 rings (SSSR count). The maximum Gasteiger partial charge on any atom is 0.0587 e. The molecule has 0 radical (unpaired) electrons. The van der Waals surface area contributed by atoms with Gasteiger partial charge in [-0.15, -0.1) is 0 Å². The molecule has 0 amide bonds. The third-order valence-corrected chi connectivity index (χ3v) is 5.52. The van der Waals surface area contributed by atoms with Crippen molar-refractivity contribution in [3.8, 4) is 0 Å². The number of methoxy groups -OCH3 is 1. The van der Waals surface area contributed by atoms with Crippen LogP contribution < -0.4 is 5.32 Å². The van der Waals surface area contributed by atoms with E-state index in [-0.39, 0.29) is 0 Å². The molecule has 98 valence electrons. The number of fused-ring (bicyclic) bond motifs is 2. The second-order valence-corrected chi connectivity index (χ2v) is 6.81. The lowest BCUT2D eigenvalue weighted by atomic mass is 9.81. The fourth-order valence-corrected chi connectivity index (χ4v) is 4.34. The normalized spacial score (nSPS) is 37.6. The highest BCUT2D eigenvalue weighted by molar-refractivity contribution is 5.00. The highest BCUT2D eigenvalue weighted by Gasteiger charge is 2.48. The van der Waals surface area contributed by atoms with Gasteiger partial charge in [-0.25, -0.2) is 0 Å². The van der Waals surface area contributed by atoms with Gasteiger partial charge in [-0.05, 0) is 61.7 Å². The second-order valence-electron chi connectivity index (χ2n) is 6.81. The van der Waals surface area contributed by atoms with Crippen molar-refractivity contribution in [2.24, 2.45) is 23.2 Å². The summed E-state index contributed by atoms with van der Waals surface area (Å²) in [5.74, 6) is 3.30. The first-order chi connectivity index (χ1) is 8.31. The van der Waals surface area contributed by atoms with Crippen LogP contribution in [0.5, 0.6) is 0 Å². The van der Waals surface area contributed by atoms with Gasteiger partial charge < -0.3 is 10.1 Å². The predicted molar refractivity (Wildman–Crippen MR) is 70.0 cm³/mol. The van der Waals surface area contributed by atoms with Gasteiger partial charge in [-0.2, -0.15) is 0 Å². The minimum atomic E-state index is 0.697. The highest BCUT2D eigenvalue weighted by atomic mass is 16.5. The fraction of sp³-hybridized carbons (Fsp3) is 1.00. The van der Waals surface area contributed by atoms with Gasteiger partial charge in [0.1, 0.15) is 0 Å². The zero-order valence-corrected chi connectivity index (χ0v) is 11.2. The van der Waals surface area contributed by atoms with E-state index in [4.69, 9.17) is 4.74 Å². The molecule has 17 heavy (non-hydrogen) atoms. The van der Waals surface area contributed by atoms with Gasteiger partial charge >= 0.3 is 0 Å². The highest BCUT2D eigenvalue weighted by Crippen LogP contribution is 2.57. The van der Waals surface area contributed by atoms with Crippen LogP contribution >= 0.6 is 0 Å². The van der Waals surface area contributed by atoms with E-state index in [1.165, 1.54) is 25.8 Å². The van der Waals surface area contributed by atoms with Gasteiger partial charge in [-0.1, -0.05) is 6.42 Å². The molecule has 3 aliphatic carbocycles. The molecule has 2 heteroatoms. The average molecular weight is 237 g/mol. The number of hydrogen-bond donors (Lipinski definition) is 1. The maximum absolute atomic E-state index is 5.09.